The van der Waals surface area contributed by atoms with Gasteiger partial charge in [0.1, 0.15) is 0 Å². The zero-order chi connectivity index (χ0) is 13.1. The molecule has 1 amide bonds. The average molecular weight is 244 g/mol. The van der Waals surface area contributed by atoms with Crippen LogP contribution >= 0.6 is 0 Å². The van der Waals surface area contributed by atoms with E-state index < -0.39 is 0 Å². The van der Waals surface area contributed by atoms with Gasteiger partial charge in [0.2, 0.25) is 5.76 Å². The summed E-state index contributed by atoms with van der Waals surface area (Å²) < 4.78 is 5.03. The summed E-state index contributed by atoms with van der Waals surface area (Å²) in [6, 6.07) is 9.28. The summed E-state index contributed by atoms with van der Waals surface area (Å²) in [5.74, 6) is 0.203. The molecular weight excluding hydrogens is 228 g/mol. The predicted molar refractivity (Wildman–Crippen MR) is 69.7 cm³/mol. The molecule has 2 rings (SSSR count). The molecule has 2 aromatic rings. The molecule has 0 atom stereocenters. The minimum Gasteiger partial charge on any atom is -0.351 e. The van der Waals surface area contributed by atoms with E-state index in [-0.39, 0.29) is 17.6 Å². The third kappa shape index (κ3) is 2.77. The Labute approximate surface area is 106 Å². The third-order valence-corrected chi connectivity index (χ3v) is 2.62. The zero-order valence-electron chi connectivity index (χ0n) is 10.7. The number of anilines is 1. The second-order valence-electron chi connectivity index (χ2n) is 4.59. The Kier molecular flexibility index (Phi) is 3.46. The normalized spacial score (nSPS) is 10.7. The second kappa shape index (κ2) is 5.04. The largest absolute Gasteiger partial charge is 0.351 e. The summed E-state index contributed by atoms with van der Waals surface area (Å²) in [4.78, 5) is 11.9. The summed E-state index contributed by atoms with van der Waals surface area (Å²) in [7, 11) is 0. The van der Waals surface area contributed by atoms with Gasteiger partial charge in [-0.1, -0.05) is 31.1 Å². The maximum absolute atomic E-state index is 11.9. The van der Waals surface area contributed by atoms with Gasteiger partial charge in [0.15, 0.2) is 0 Å². The minimum absolute atomic E-state index is 0.236. The Balaban J connectivity index is 2.12. The number of nitrogens with one attached hydrogen (secondary N) is 1. The number of carbonyl (C=O) groups is 1. The maximum atomic E-state index is 11.9. The molecule has 0 saturated carbocycles. The molecule has 0 aliphatic heterocycles. The Morgan fingerprint density at radius 1 is 1.33 bits per heavy atom. The van der Waals surface area contributed by atoms with E-state index in [0.29, 0.717) is 0 Å². The molecule has 0 radical (unpaired) electrons. The van der Waals surface area contributed by atoms with Gasteiger partial charge in [-0.25, -0.2) is 0 Å². The van der Waals surface area contributed by atoms with E-state index in [1.54, 1.807) is 6.07 Å². The lowest BCUT2D eigenvalue weighted by molar-refractivity contribution is 0.0988. The number of amides is 1. The van der Waals surface area contributed by atoms with Crippen LogP contribution in [-0.2, 0) is 0 Å². The van der Waals surface area contributed by atoms with Crippen molar-refractivity contribution in [1.82, 2.24) is 5.16 Å². The van der Waals surface area contributed by atoms with E-state index >= 15 is 0 Å². The molecule has 18 heavy (non-hydrogen) atoms. The summed E-state index contributed by atoms with van der Waals surface area (Å²) >= 11 is 0. The van der Waals surface area contributed by atoms with Crippen molar-refractivity contribution in [2.24, 2.45) is 0 Å². The van der Waals surface area contributed by atoms with Gasteiger partial charge in [0.25, 0.3) is 5.91 Å². The molecule has 94 valence electrons. The van der Waals surface area contributed by atoms with Crippen molar-refractivity contribution in [2.75, 3.05) is 5.32 Å². The number of carbonyl (C=O) groups excluding carboxylic acids is 1. The number of rotatable bonds is 3. The first kappa shape index (κ1) is 12.4. The van der Waals surface area contributed by atoms with Crippen molar-refractivity contribution in [2.45, 2.75) is 26.7 Å². The molecule has 0 saturated heterocycles. The van der Waals surface area contributed by atoms with Gasteiger partial charge in [-0.2, -0.15) is 0 Å². The number of aromatic nitrogens is 1. The molecular formula is C14H16N2O2. The first-order valence-corrected chi connectivity index (χ1v) is 5.91. The Bertz CT molecular complexity index is 558. The first-order chi connectivity index (χ1) is 8.56. The molecule has 0 aliphatic rings. The van der Waals surface area contributed by atoms with Gasteiger partial charge in [-0.15, -0.1) is 0 Å². The van der Waals surface area contributed by atoms with E-state index in [9.17, 15) is 4.79 Å². The smallest absolute Gasteiger partial charge is 0.294 e. The Morgan fingerprint density at radius 2 is 2.11 bits per heavy atom. The highest BCUT2D eigenvalue weighted by Crippen LogP contribution is 2.16. The monoisotopic (exact) mass is 244 g/mol. The molecule has 0 fully saturated rings. The molecule has 0 bridgehead atoms. The molecule has 0 aliphatic carbocycles. The highest BCUT2D eigenvalue weighted by molar-refractivity contribution is 6.02. The Hall–Kier alpha value is -2.10. The van der Waals surface area contributed by atoms with Gasteiger partial charge in [-0.3, -0.25) is 4.79 Å². The van der Waals surface area contributed by atoms with Crippen molar-refractivity contribution >= 4 is 11.6 Å². The summed E-state index contributed by atoms with van der Waals surface area (Å²) in [6.07, 6.45) is 0. The lowest BCUT2D eigenvalue weighted by Crippen LogP contribution is -2.10. The van der Waals surface area contributed by atoms with Crippen LogP contribution in [0.2, 0.25) is 0 Å². The number of nitrogens with zero attached hydrogens (tertiary/aromatic N) is 1. The van der Waals surface area contributed by atoms with Gasteiger partial charge in [0, 0.05) is 11.8 Å². The van der Waals surface area contributed by atoms with E-state index in [1.165, 1.54) is 0 Å². The summed E-state index contributed by atoms with van der Waals surface area (Å²) in [6.45, 7) is 5.97. The van der Waals surface area contributed by atoms with Crippen LogP contribution in [0.3, 0.4) is 0 Å². The van der Waals surface area contributed by atoms with Crippen LogP contribution in [0.25, 0.3) is 0 Å². The molecule has 4 nitrogen and oxygen atoms in total. The highest BCUT2D eigenvalue weighted by atomic mass is 16.5. The molecule has 1 heterocycles. The van der Waals surface area contributed by atoms with E-state index in [4.69, 9.17) is 4.52 Å². The number of aryl methyl sites for hydroxylation is 1. The number of benzene rings is 1. The van der Waals surface area contributed by atoms with Crippen LogP contribution in [0.15, 0.2) is 34.9 Å². The fraction of sp³-hybridized carbons (Fsp3) is 0.286. The summed E-state index contributed by atoms with van der Waals surface area (Å²) in [5.41, 5.74) is 2.63. The molecule has 1 aromatic carbocycles. The van der Waals surface area contributed by atoms with Crippen LogP contribution in [0, 0.1) is 6.92 Å². The van der Waals surface area contributed by atoms with Gasteiger partial charge >= 0.3 is 0 Å². The molecule has 0 spiro atoms. The van der Waals surface area contributed by atoms with Crippen molar-refractivity contribution in [1.29, 1.82) is 0 Å². The van der Waals surface area contributed by atoms with Gasteiger partial charge in [0.05, 0.1) is 5.69 Å². The number of hydrogen-bond acceptors (Lipinski definition) is 3. The molecule has 0 unspecified atom stereocenters. The van der Waals surface area contributed by atoms with E-state index in [1.807, 2.05) is 45.0 Å². The van der Waals surface area contributed by atoms with Gasteiger partial charge < -0.3 is 9.84 Å². The SMILES string of the molecule is Cc1cccc(NC(=O)c2cc(C(C)C)no2)c1. The van der Waals surface area contributed by atoms with Crippen LogP contribution in [-0.4, -0.2) is 11.1 Å². The standard InChI is InChI=1S/C14H16N2O2/c1-9(2)12-8-13(18-16-12)14(17)15-11-6-4-5-10(3)7-11/h4-9H,1-3H3,(H,15,17). The fourth-order valence-corrected chi connectivity index (χ4v) is 1.58. The van der Waals surface area contributed by atoms with Crippen molar-refractivity contribution in [3.63, 3.8) is 0 Å². The van der Waals surface area contributed by atoms with Crippen molar-refractivity contribution in [3.05, 3.63) is 47.3 Å². The number of hydrogen-bond donors (Lipinski definition) is 1. The quantitative estimate of drug-likeness (QED) is 0.900. The third-order valence-electron chi connectivity index (χ3n) is 2.62. The molecule has 1 aromatic heterocycles. The van der Waals surface area contributed by atoms with Crippen LogP contribution in [0.4, 0.5) is 5.69 Å². The lowest BCUT2D eigenvalue weighted by atomic mass is 10.1. The summed E-state index contributed by atoms with van der Waals surface area (Å²) in [5, 5.41) is 6.64. The molecule has 4 heteroatoms. The van der Waals surface area contributed by atoms with E-state index in [0.717, 1.165) is 16.9 Å². The average Bonchev–Trinajstić information content (AvgIpc) is 2.78. The second-order valence-corrected chi connectivity index (χ2v) is 4.59. The van der Waals surface area contributed by atoms with Crippen LogP contribution < -0.4 is 5.32 Å². The fourth-order valence-electron chi connectivity index (χ4n) is 1.58. The van der Waals surface area contributed by atoms with Crippen LogP contribution in [0.5, 0.6) is 0 Å². The molecule has 1 N–H and O–H groups in total. The van der Waals surface area contributed by atoms with Crippen LogP contribution in [0.1, 0.15) is 41.6 Å². The maximum Gasteiger partial charge on any atom is 0.294 e. The van der Waals surface area contributed by atoms with Crippen molar-refractivity contribution in [3.8, 4) is 0 Å². The highest BCUT2D eigenvalue weighted by Gasteiger charge is 2.14. The Morgan fingerprint density at radius 3 is 2.72 bits per heavy atom. The van der Waals surface area contributed by atoms with E-state index in [2.05, 4.69) is 10.5 Å². The first-order valence-electron chi connectivity index (χ1n) is 5.91. The van der Waals surface area contributed by atoms with Gasteiger partial charge in [-0.05, 0) is 30.5 Å². The van der Waals surface area contributed by atoms with Crippen molar-refractivity contribution < 1.29 is 9.32 Å². The lowest BCUT2D eigenvalue weighted by Gasteiger charge is -2.02. The zero-order valence-corrected chi connectivity index (χ0v) is 10.7. The topological polar surface area (TPSA) is 55.1 Å². The predicted octanol–water partition coefficient (Wildman–Crippen LogP) is 3.36. The minimum atomic E-state index is -0.278.